The van der Waals surface area contributed by atoms with E-state index in [1.807, 2.05) is 13.0 Å². The number of fused-ring (bicyclic) bond motifs is 5. The number of hydrogen-bond acceptors (Lipinski definition) is 3. The topological polar surface area (TPSA) is 49.7 Å². The third-order valence-corrected chi connectivity index (χ3v) is 6.96. The summed E-state index contributed by atoms with van der Waals surface area (Å²) in [6, 6.07) is 3.92. The molecule has 3 heteroatoms. The fourth-order valence-electron chi connectivity index (χ4n) is 5.66. The van der Waals surface area contributed by atoms with Crippen molar-refractivity contribution in [3.63, 3.8) is 0 Å². The molecule has 1 aromatic carbocycles. The molecule has 2 fully saturated rings. The molecule has 0 aromatic heterocycles. The molecule has 0 amide bonds. The van der Waals surface area contributed by atoms with Gasteiger partial charge in [0.25, 0.3) is 0 Å². The Morgan fingerprint density at radius 2 is 2.08 bits per heavy atom. The van der Waals surface area contributed by atoms with Gasteiger partial charge < -0.3 is 14.9 Å². The van der Waals surface area contributed by atoms with Crippen molar-refractivity contribution in [1.29, 1.82) is 0 Å². The van der Waals surface area contributed by atoms with Crippen LogP contribution in [-0.2, 0) is 0 Å². The molecule has 0 saturated heterocycles. The van der Waals surface area contributed by atoms with E-state index in [0.717, 1.165) is 37.7 Å². The van der Waals surface area contributed by atoms with E-state index in [2.05, 4.69) is 25.1 Å². The van der Waals surface area contributed by atoms with Gasteiger partial charge in [0.2, 0.25) is 0 Å². The van der Waals surface area contributed by atoms with Crippen LogP contribution < -0.4 is 4.74 Å². The normalized spacial score (nSPS) is 37.3. The van der Waals surface area contributed by atoms with Crippen LogP contribution in [0.3, 0.4) is 0 Å². The molecule has 3 nitrogen and oxygen atoms in total. The molecule has 0 bridgehead atoms. The molecule has 0 aliphatic heterocycles. The summed E-state index contributed by atoms with van der Waals surface area (Å²) in [7, 11) is 0. The van der Waals surface area contributed by atoms with Crippen molar-refractivity contribution in [2.75, 3.05) is 6.61 Å². The number of allylic oxidation sites excluding steroid dienone is 1. The first-order valence-electron chi connectivity index (χ1n) is 9.39. The summed E-state index contributed by atoms with van der Waals surface area (Å²) in [5.41, 5.74) is 2.53. The Balaban J connectivity index is 1.75. The molecule has 1 aromatic rings. The lowest BCUT2D eigenvalue weighted by molar-refractivity contribution is -0.0176. The van der Waals surface area contributed by atoms with Crippen LogP contribution in [0.2, 0.25) is 0 Å². The Hall–Kier alpha value is -1.48. The molecule has 5 atom stereocenters. The van der Waals surface area contributed by atoms with Crippen LogP contribution in [0.15, 0.2) is 18.2 Å². The molecule has 0 radical (unpaired) electrons. The smallest absolute Gasteiger partial charge is 0.161 e. The van der Waals surface area contributed by atoms with E-state index in [-0.39, 0.29) is 17.3 Å². The second-order valence-corrected chi connectivity index (χ2v) is 8.03. The minimum atomic E-state index is -0.144. The second-order valence-electron chi connectivity index (χ2n) is 8.03. The maximum Gasteiger partial charge on any atom is 0.161 e. The molecule has 3 unspecified atom stereocenters. The zero-order valence-electron chi connectivity index (χ0n) is 14.7. The Morgan fingerprint density at radius 1 is 1.25 bits per heavy atom. The quantitative estimate of drug-likeness (QED) is 0.841. The minimum Gasteiger partial charge on any atom is -0.504 e. The molecule has 4 rings (SSSR count). The van der Waals surface area contributed by atoms with Crippen molar-refractivity contribution in [1.82, 2.24) is 0 Å². The van der Waals surface area contributed by atoms with E-state index in [4.69, 9.17) is 4.74 Å². The molecule has 2 N–H and O–H groups in total. The van der Waals surface area contributed by atoms with Gasteiger partial charge >= 0.3 is 0 Å². The zero-order chi connectivity index (χ0) is 16.9. The van der Waals surface area contributed by atoms with Crippen molar-refractivity contribution >= 4 is 6.08 Å². The third kappa shape index (κ3) is 2.28. The van der Waals surface area contributed by atoms with Crippen LogP contribution >= 0.6 is 0 Å². The van der Waals surface area contributed by atoms with Gasteiger partial charge in [-0.3, -0.25) is 0 Å². The molecule has 0 heterocycles. The van der Waals surface area contributed by atoms with Gasteiger partial charge in [-0.15, -0.1) is 0 Å². The van der Waals surface area contributed by atoms with Gasteiger partial charge in [0.15, 0.2) is 11.5 Å². The predicted molar refractivity (Wildman–Crippen MR) is 95.2 cm³/mol. The van der Waals surface area contributed by atoms with E-state index in [1.165, 1.54) is 5.56 Å². The molecule has 0 spiro atoms. The second kappa shape index (κ2) is 5.80. The van der Waals surface area contributed by atoms with Crippen LogP contribution in [0.1, 0.15) is 63.0 Å². The highest BCUT2D eigenvalue weighted by atomic mass is 16.5. The van der Waals surface area contributed by atoms with Gasteiger partial charge in [0.05, 0.1) is 12.7 Å². The van der Waals surface area contributed by atoms with Gasteiger partial charge in [-0.1, -0.05) is 19.1 Å². The first-order valence-corrected chi connectivity index (χ1v) is 9.39. The summed E-state index contributed by atoms with van der Waals surface area (Å²) in [5, 5.41) is 20.7. The van der Waals surface area contributed by atoms with E-state index in [1.54, 1.807) is 0 Å². The van der Waals surface area contributed by atoms with Gasteiger partial charge in [0, 0.05) is 0 Å². The van der Waals surface area contributed by atoms with Crippen LogP contribution in [0.25, 0.3) is 6.08 Å². The first-order chi connectivity index (χ1) is 11.5. The molecule has 3 aliphatic carbocycles. The molecular weight excluding hydrogens is 300 g/mol. The Labute approximate surface area is 144 Å². The molecular formula is C21H28O3. The summed E-state index contributed by atoms with van der Waals surface area (Å²) in [6.07, 6.45) is 9.63. The van der Waals surface area contributed by atoms with Crippen LogP contribution in [0, 0.1) is 17.3 Å². The van der Waals surface area contributed by atoms with Crippen LogP contribution in [0.4, 0.5) is 0 Å². The largest absolute Gasteiger partial charge is 0.504 e. The Bertz CT molecular complexity index is 665. The van der Waals surface area contributed by atoms with Crippen molar-refractivity contribution in [3.8, 4) is 11.5 Å². The van der Waals surface area contributed by atoms with E-state index < -0.39 is 0 Å². The summed E-state index contributed by atoms with van der Waals surface area (Å²) < 4.78 is 5.63. The fraction of sp³-hybridized carbons (Fsp3) is 0.619. The maximum atomic E-state index is 10.5. The van der Waals surface area contributed by atoms with Crippen LogP contribution in [0.5, 0.6) is 11.5 Å². The fourth-order valence-corrected chi connectivity index (χ4v) is 5.66. The average Bonchev–Trinajstić information content (AvgIpc) is 2.75. The number of rotatable bonds is 2. The summed E-state index contributed by atoms with van der Waals surface area (Å²) in [4.78, 5) is 0. The summed E-state index contributed by atoms with van der Waals surface area (Å²) >= 11 is 0. The average molecular weight is 328 g/mol. The number of phenolic OH excluding ortho intramolecular Hbond substituents is 1. The van der Waals surface area contributed by atoms with Crippen molar-refractivity contribution in [2.45, 2.75) is 58.0 Å². The molecule has 24 heavy (non-hydrogen) atoms. The number of aromatic hydroxyl groups is 1. The number of ether oxygens (including phenoxy) is 1. The van der Waals surface area contributed by atoms with Gasteiger partial charge in [-0.05, 0) is 85.5 Å². The van der Waals surface area contributed by atoms with Gasteiger partial charge in [-0.2, -0.15) is 0 Å². The van der Waals surface area contributed by atoms with Crippen molar-refractivity contribution < 1.29 is 14.9 Å². The number of aliphatic hydroxyl groups is 1. The zero-order valence-corrected chi connectivity index (χ0v) is 14.7. The standard InChI is InChI=1S/C21H28O3/c1-3-24-19-12-16-13(11-18(19)22)5-4-6-15-14(16)9-10-21(2)17(15)7-8-20(21)23/h4-5,11-12,14-15,17,20,22-23H,3,6-10H2,1-2H3/t14?,15?,17?,20-,21-/m0/s1. The van der Waals surface area contributed by atoms with E-state index >= 15 is 0 Å². The first kappa shape index (κ1) is 16.0. The van der Waals surface area contributed by atoms with E-state index in [0.29, 0.717) is 30.1 Å². The highest BCUT2D eigenvalue weighted by molar-refractivity contribution is 5.62. The predicted octanol–water partition coefficient (Wildman–Crippen LogP) is 4.48. The highest BCUT2D eigenvalue weighted by Crippen LogP contribution is 2.60. The summed E-state index contributed by atoms with van der Waals surface area (Å²) in [5.74, 6) is 2.50. The Morgan fingerprint density at radius 3 is 2.88 bits per heavy atom. The molecule has 2 saturated carbocycles. The molecule has 3 aliphatic rings. The lowest BCUT2D eigenvalue weighted by atomic mass is 9.58. The number of benzene rings is 1. The number of phenols is 1. The SMILES string of the molecule is CCOc1cc2c(cc1O)C=CCC1C2CC[C@@]2(C)C1CC[C@@H]2O. The van der Waals surface area contributed by atoms with Crippen molar-refractivity contribution in [3.05, 3.63) is 29.3 Å². The highest BCUT2D eigenvalue weighted by Gasteiger charge is 2.53. The monoisotopic (exact) mass is 328 g/mol. The van der Waals surface area contributed by atoms with E-state index in [9.17, 15) is 10.2 Å². The van der Waals surface area contributed by atoms with Crippen molar-refractivity contribution in [2.24, 2.45) is 17.3 Å². The number of hydrogen-bond donors (Lipinski definition) is 2. The van der Waals surface area contributed by atoms with Gasteiger partial charge in [-0.25, -0.2) is 0 Å². The maximum absolute atomic E-state index is 10.5. The lowest BCUT2D eigenvalue weighted by Gasteiger charge is -2.47. The van der Waals surface area contributed by atoms with Crippen LogP contribution in [-0.4, -0.2) is 22.9 Å². The summed E-state index contributed by atoms with van der Waals surface area (Å²) in [6.45, 7) is 4.80. The number of aliphatic hydroxyl groups excluding tert-OH is 1. The lowest BCUT2D eigenvalue weighted by Crippen LogP contribution is -2.42. The third-order valence-electron chi connectivity index (χ3n) is 6.96. The molecule has 130 valence electrons. The minimum absolute atomic E-state index is 0.0825. The van der Waals surface area contributed by atoms with Gasteiger partial charge in [0.1, 0.15) is 0 Å². The Kier molecular flexibility index (Phi) is 3.87.